The lowest BCUT2D eigenvalue weighted by Gasteiger charge is -2.29. The summed E-state index contributed by atoms with van der Waals surface area (Å²) in [6.45, 7) is 16.7. The number of rotatable bonds is 32. The number of nitrogens with one attached hydrogen (secondary N) is 9. The molecule has 11 atom stereocenters. The molecule has 0 aliphatic rings. The second kappa shape index (κ2) is 31.2. The van der Waals surface area contributed by atoms with Crippen LogP contribution in [0.1, 0.15) is 121 Å². The third kappa shape index (κ3) is 22.7. The molecule has 0 bridgehead atoms. The number of aliphatic carboxylic acids is 2. The highest BCUT2D eigenvalue weighted by molar-refractivity contribution is 5.97. The predicted molar refractivity (Wildman–Crippen MR) is 247 cm³/mol. The molecule has 0 aromatic heterocycles. The van der Waals surface area contributed by atoms with E-state index in [0.29, 0.717) is 19.3 Å². The van der Waals surface area contributed by atoms with E-state index in [4.69, 9.17) is 10.8 Å². The summed E-state index contributed by atoms with van der Waals surface area (Å²) in [6.07, 6.45) is -0.433. The number of hydrogen-bond acceptors (Lipinski definition) is 13. The van der Waals surface area contributed by atoms with Gasteiger partial charge in [-0.3, -0.25) is 47.9 Å². The van der Waals surface area contributed by atoms with E-state index in [9.17, 15) is 63.0 Å². The molecule has 0 spiro atoms. The molecule has 0 aromatic rings. The number of carbonyl (C=O) groups excluding carboxylic acids is 9. The van der Waals surface area contributed by atoms with Gasteiger partial charge >= 0.3 is 11.9 Å². The van der Waals surface area contributed by atoms with E-state index in [2.05, 4.69) is 47.9 Å². The molecule has 0 heterocycles. The molecule has 388 valence electrons. The molecule has 0 aliphatic heterocycles. The van der Waals surface area contributed by atoms with Gasteiger partial charge < -0.3 is 68.9 Å². The minimum absolute atomic E-state index is 0.0743. The normalized spacial score (nSPS) is 16.0. The molecular formula is C44H78N10O14. The van der Waals surface area contributed by atoms with Crippen molar-refractivity contribution in [3.05, 3.63) is 0 Å². The Kier molecular flexibility index (Phi) is 28.5. The lowest BCUT2D eigenvalue weighted by atomic mass is 9.96. The largest absolute Gasteiger partial charge is 0.481 e. The Labute approximate surface area is 398 Å². The van der Waals surface area contributed by atoms with Crippen LogP contribution in [0, 0.1) is 23.7 Å². The van der Waals surface area contributed by atoms with Crippen LogP contribution in [0.15, 0.2) is 0 Å². The summed E-state index contributed by atoms with van der Waals surface area (Å²) >= 11 is 0. The zero-order chi connectivity index (χ0) is 52.6. The molecule has 0 rings (SSSR count). The molecule has 68 heavy (non-hydrogen) atoms. The fourth-order valence-corrected chi connectivity index (χ4v) is 6.46. The van der Waals surface area contributed by atoms with Gasteiger partial charge in [0.2, 0.25) is 53.2 Å². The summed E-state index contributed by atoms with van der Waals surface area (Å²) in [6, 6.07) is -9.96. The third-order valence-corrected chi connectivity index (χ3v) is 11.1. The fourth-order valence-electron chi connectivity index (χ4n) is 6.46. The number of hydrogen-bond donors (Lipinski definition) is 13. The Morgan fingerprint density at radius 3 is 1.40 bits per heavy atom. The molecule has 0 aliphatic carbocycles. The van der Waals surface area contributed by atoms with Gasteiger partial charge in [-0.05, 0) is 56.8 Å². The van der Waals surface area contributed by atoms with Crippen molar-refractivity contribution < 1.29 is 68.1 Å². The Hall–Kier alpha value is -5.91. The van der Waals surface area contributed by atoms with E-state index < -0.39 is 150 Å². The van der Waals surface area contributed by atoms with Crippen LogP contribution in [0.3, 0.4) is 0 Å². The molecule has 0 saturated carbocycles. The van der Waals surface area contributed by atoms with Gasteiger partial charge in [-0.15, -0.1) is 0 Å². The van der Waals surface area contributed by atoms with E-state index in [1.807, 2.05) is 0 Å². The molecule has 9 amide bonds. The highest BCUT2D eigenvalue weighted by Gasteiger charge is 2.36. The first-order chi connectivity index (χ1) is 31.6. The maximum absolute atomic E-state index is 13.8. The van der Waals surface area contributed by atoms with Crippen molar-refractivity contribution in [1.29, 1.82) is 0 Å². The van der Waals surface area contributed by atoms with Crippen LogP contribution in [-0.2, 0) is 52.7 Å². The smallest absolute Gasteiger partial charge is 0.326 e. The average molecular weight is 971 g/mol. The zero-order valence-electron chi connectivity index (χ0n) is 41.3. The van der Waals surface area contributed by atoms with Crippen LogP contribution in [0.4, 0.5) is 0 Å². The van der Waals surface area contributed by atoms with Crippen LogP contribution >= 0.6 is 0 Å². The van der Waals surface area contributed by atoms with Gasteiger partial charge in [0.05, 0.1) is 25.2 Å². The first-order valence-corrected chi connectivity index (χ1v) is 23.2. The highest BCUT2D eigenvalue weighted by atomic mass is 16.4. The Morgan fingerprint density at radius 1 is 0.500 bits per heavy atom. The SMILES string of the molecule is CCC[C@H](NC(=O)[C@@H](N)CCC(=O)O)C(=O)N[C@@H](C)C(=O)NCC(=O)N[C@H](C(=O)NCC(=O)N[C@H](C(=O)N[C@@H](CC(C)C)C(=O)N[C@H](C(=O)N[C@H](C(=O)O)C(C)C)[C@@H](C)O)[C@@H](C)CC)[C@@H](C)CC. The number of aliphatic hydroxyl groups excluding tert-OH is 1. The molecule has 0 unspecified atom stereocenters. The van der Waals surface area contributed by atoms with Gasteiger partial charge in [0.25, 0.3) is 0 Å². The first-order valence-electron chi connectivity index (χ1n) is 23.2. The summed E-state index contributed by atoms with van der Waals surface area (Å²) < 4.78 is 0. The van der Waals surface area contributed by atoms with Gasteiger partial charge in [-0.1, -0.05) is 81.6 Å². The highest BCUT2D eigenvalue weighted by Crippen LogP contribution is 2.13. The molecule has 0 fully saturated rings. The molecule has 0 aromatic carbocycles. The summed E-state index contributed by atoms with van der Waals surface area (Å²) in [5.74, 6) is -11.2. The Bertz CT molecular complexity index is 1750. The summed E-state index contributed by atoms with van der Waals surface area (Å²) in [5.41, 5.74) is 5.75. The van der Waals surface area contributed by atoms with Gasteiger partial charge in [0.1, 0.15) is 42.3 Å². The van der Waals surface area contributed by atoms with E-state index >= 15 is 0 Å². The van der Waals surface area contributed by atoms with E-state index in [0.717, 1.165) is 0 Å². The van der Waals surface area contributed by atoms with Gasteiger partial charge in [-0.2, -0.15) is 0 Å². The van der Waals surface area contributed by atoms with Crippen LogP contribution in [-0.4, -0.2) is 148 Å². The minimum atomic E-state index is -1.58. The Balaban J connectivity index is 5.73. The van der Waals surface area contributed by atoms with Crippen LogP contribution < -0.4 is 53.6 Å². The van der Waals surface area contributed by atoms with Crippen molar-refractivity contribution >= 4 is 65.1 Å². The predicted octanol–water partition coefficient (Wildman–Crippen LogP) is -2.12. The summed E-state index contributed by atoms with van der Waals surface area (Å²) in [4.78, 5) is 141. The van der Waals surface area contributed by atoms with Crippen molar-refractivity contribution in [3.8, 4) is 0 Å². The van der Waals surface area contributed by atoms with Crippen LogP contribution in [0.25, 0.3) is 0 Å². The minimum Gasteiger partial charge on any atom is -0.481 e. The van der Waals surface area contributed by atoms with Crippen molar-refractivity contribution in [2.45, 2.75) is 176 Å². The van der Waals surface area contributed by atoms with Gasteiger partial charge in [0, 0.05) is 6.42 Å². The maximum atomic E-state index is 13.8. The average Bonchev–Trinajstić information content (AvgIpc) is 3.26. The van der Waals surface area contributed by atoms with Gasteiger partial charge in [0.15, 0.2) is 0 Å². The number of carbonyl (C=O) groups is 11. The van der Waals surface area contributed by atoms with Crippen molar-refractivity contribution in [2.75, 3.05) is 13.1 Å². The maximum Gasteiger partial charge on any atom is 0.326 e. The molecular weight excluding hydrogens is 893 g/mol. The molecule has 14 N–H and O–H groups in total. The van der Waals surface area contributed by atoms with E-state index in [1.54, 1.807) is 62.3 Å². The first kappa shape index (κ1) is 62.1. The fraction of sp³-hybridized carbons (Fsp3) is 0.750. The third-order valence-electron chi connectivity index (χ3n) is 11.1. The number of carboxylic acids is 2. The number of aliphatic hydroxyl groups is 1. The van der Waals surface area contributed by atoms with Gasteiger partial charge in [-0.25, -0.2) is 4.79 Å². The monoisotopic (exact) mass is 971 g/mol. The number of amides is 9. The summed E-state index contributed by atoms with van der Waals surface area (Å²) in [7, 11) is 0. The molecule has 0 radical (unpaired) electrons. The quantitative estimate of drug-likeness (QED) is 0.0343. The standard InChI is InChI=1S/C44H78N10O14/c1-12-15-28(49-38(61)27(45)16-17-32(58)59)39(62)48-25(10)37(60)46-19-30(56)51-34(23(8)13-2)41(64)47-20-31(57)52-35(24(9)14-3)42(65)50-29(18-21(4)5)40(63)54-36(26(11)55)43(66)53-33(22(6)7)44(67)68/h21-29,33-36,55H,12-20,45H2,1-11H3,(H,46,60)(H,47,64)(H,48,62)(H,49,61)(H,50,65)(H,51,56)(H,52,57)(H,53,66)(H,54,63)(H,58,59)(H,67,68)/t23-,24-,25-,26+,27-,28-,29-,33-,34-,35-,36-/m0/s1. The zero-order valence-corrected chi connectivity index (χ0v) is 41.3. The second-order valence-corrected chi connectivity index (χ2v) is 17.9. The number of carboxylic acid groups (broad SMARTS) is 2. The lowest BCUT2D eigenvalue weighted by molar-refractivity contribution is -0.144. The molecule has 0 saturated heterocycles. The van der Waals surface area contributed by atoms with Crippen LogP contribution in [0.2, 0.25) is 0 Å². The van der Waals surface area contributed by atoms with Crippen LogP contribution in [0.5, 0.6) is 0 Å². The molecule has 24 nitrogen and oxygen atoms in total. The van der Waals surface area contributed by atoms with Crippen molar-refractivity contribution in [3.63, 3.8) is 0 Å². The molecule has 24 heteroatoms. The second-order valence-electron chi connectivity index (χ2n) is 17.9. The lowest BCUT2D eigenvalue weighted by Crippen LogP contribution is -2.61. The van der Waals surface area contributed by atoms with Crippen molar-refractivity contribution in [2.24, 2.45) is 29.4 Å². The summed E-state index contributed by atoms with van der Waals surface area (Å²) in [5, 5.41) is 51.0. The topological polar surface area (TPSA) is 383 Å². The van der Waals surface area contributed by atoms with E-state index in [1.165, 1.54) is 13.8 Å². The Morgan fingerprint density at radius 2 is 0.956 bits per heavy atom. The van der Waals surface area contributed by atoms with Crippen molar-refractivity contribution in [1.82, 2.24) is 47.9 Å². The van der Waals surface area contributed by atoms with E-state index in [-0.39, 0.29) is 31.6 Å². The number of nitrogens with two attached hydrogens (primary N) is 1.